The van der Waals surface area contributed by atoms with Crippen molar-refractivity contribution in [2.75, 3.05) is 26.3 Å². The fourth-order valence-corrected chi connectivity index (χ4v) is 4.34. The van der Waals surface area contributed by atoms with E-state index in [0.717, 1.165) is 23.6 Å². The smallest absolute Gasteiger partial charge is 0.161 e. The summed E-state index contributed by atoms with van der Waals surface area (Å²) >= 11 is 1.81. The zero-order chi connectivity index (χ0) is 15.6. The van der Waals surface area contributed by atoms with E-state index in [9.17, 15) is 5.11 Å². The van der Waals surface area contributed by atoms with E-state index in [2.05, 4.69) is 22.4 Å². The summed E-state index contributed by atoms with van der Waals surface area (Å²) in [7, 11) is 0. The molecule has 2 aliphatic rings. The van der Waals surface area contributed by atoms with E-state index < -0.39 is 6.10 Å². The molecule has 2 atom stereocenters. The molecular weight excluding hydrogens is 310 g/mol. The van der Waals surface area contributed by atoms with Gasteiger partial charge in [0.1, 0.15) is 13.2 Å². The van der Waals surface area contributed by atoms with Crippen LogP contribution < -0.4 is 9.47 Å². The number of rotatable bonds is 4. The molecule has 1 aromatic heterocycles. The third kappa shape index (κ3) is 3.09. The van der Waals surface area contributed by atoms with Crippen LogP contribution in [0.1, 0.15) is 35.4 Å². The summed E-state index contributed by atoms with van der Waals surface area (Å²) < 4.78 is 11.2. The molecule has 0 amide bonds. The largest absolute Gasteiger partial charge is 0.486 e. The van der Waals surface area contributed by atoms with Crippen molar-refractivity contribution < 1.29 is 14.6 Å². The predicted octanol–water partition coefficient (Wildman–Crippen LogP) is 3.39. The summed E-state index contributed by atoms with van der Waals surface area (Å²) in [6.45, 7) is 2.86. The number of hydrogen-bond donors (Lipinski definition) is 1. The normalized spacial score (nSPS) is 22.2. The number of likely N-dealkylation sites (tertiary alicyclic amines) is 1. The lowest BCUT2D eigenvalue weighted by Crippen LogP contribution is -2.28. The van der Waals surface area contributed by atoms with Gasteiger partial charge in [0.05, 0.1) is 6.10 Å². The van der Waals surface area contributed by atoms with Crippen molar-refractivity contribution in [1.82, 2.24) is 4.90 Å². The molecule has 3 heterocycles. The second-order valence-corrected chi connectivity index (χ2v) is 7.07. The lowest BCUT2D eigenvalue weighted by molar-refractivity contribution is 0.106. The zero-order valence-electron chi connectivity index (χ0n) is 13.0. The maximum Gasteiger partial charge on any atom is 0.161 e. The number of fused-ring (bicyclic) bond motifs is 1. The first kappa shape index (κ1) is 15.0. The number of thiophene rings is 1. The number of hydrogen-bond acceptors (Lipinski definition) is 5. The Hall–Kier alpha value is -1.56. The Labute approximate surface area is 140 Å². The lowest BCUT2D eigenvalue weighted by Gasteiger charge is -2.27. The topological polar surface area (TPSA) is 41.9 Å². The van der Waals surface area contributed by atoms with E-state index in [1.165, 1.54) is 17.7 Å². The van der Waals surface area contributed by atoms with Crippen molar-refractivity contribution in [3.63, 3.8) is 0 Å². The van der Waals surface area contributed by atoms with Crippen LogP contribution in [0.15, 0.2) is 35.7 Å². The van der Waals surface area contributed by atoms with Crippen LogP contribution in [-0.4, -0.2) is 36.3 Å². The Balaban J connectivity index is 1.48. The van der Waals surface area contributed by atoms with Gasteiger partial charge in [-0.3, -0.25) is 4.90 Å². The molecule has 122 valence electrons. The highest BCUT2D eigenvalue weighted by Gasteiger charge is 2.28. The summed E-state index contributed by atoms with van der Waals surface area (Å²) in [6, 6.07) is 10.5. The number of β-amino-alcohol motifs (C(OH)–C–C–N with tert-alkyl or cyclic N) is 1. The Kier molecular flexibility index (Phi) is 4.25. The predicted molar refractivity (Wildman–Crippen MR) is 90.3 cm³/mol. The summed E-state index contributed by atoms with van der Waals surface area (Å²) in [6.07, 6.45) is 1.86. The van der Waals surface area contributed by atoms with E-state index in [0.29, 0.717) is 25.8 Å². The Morgan fingerprint density at radius 3 is 2.91 bits per heavy atom. The van der Waals surface area contributed by atoms with Crippen LogP contribution in [0.4, 0.5) is 0 Å². The average Bonchev–Trinajstić information content (AvgIpc) is 3.25. The maximum absolute atomic E-state index is 10.7. The highest BCUT2D eigenvalue weighted by atomic mass is 32.1. The second kappa shape index (κ2) is 6.51. The van der Waals surface area contributed by atoms with Crippen molar-refractivity contribution in [1.29, 1.82) is 0 Å². The van der Waals surface area contributed by atoms with Gasteiger partial charge in [0.2, 0.25) is 0 Å². The minimum absolute atomic E-state index is 0.446. The highest BCUT2D eigenvalue weighted by Crippen LogP contribution is 2.37. The fourth-order valence-electron chi connectivity index (χ4n) is 3.44. The van der Waals surface area contributed by atoms with E-state index in [1.807, 2.05) is 18.2 Å². The number of aliphatic hydroxyl groups excluding tert-OH is 1. The first-order valence-corrected chi connectivity index (χ1v) is 9.04. The molecule has 0 radical (unpaired) electrons. The minimum Gasteiger partial charge on any atom is -0.486 e. The Morgan fingerprint density at radius 1 is 1.22 bits per heavy atom. The third-order valence-corrected chi connectivity index (χ3v) is 5.57. The first-order chi connectivity index (χ1) is 11.3. The van der Waals surface area contributed by atoms with E-state index in [4.69, 9.17) is 9.47 Å². The molecule has 4 rings (SSSR count). The van der Waals surface area contributed by atoms with Gasteiger partial charge in [0.15, 0.2) is 11.5 Å². The van der Waals surface area contributed by atoms with Crippen molar-refractivity contribution in [2.45, 2.75) is 25.0 Å². The number of benzene rings is 1. The SMILES string of the molecule is O[C@H](CN1CCC[C@@H]1c1cccs1)c1ccc2c(c1)OCCO2. The molecule has 0 unspecified atom stereocenters. The van der Waals surface area contributed by atoms with Gasteiger partial charge in [-0.25, -0.2) is 0 Å². The van der Waals surface area contributed by atoms with Crippen LogP contribution in [0.25, 0.3) is 0 Å². The molecule has 2 aromatic rings. The fraction of sp³-hybridized carbons (Fsp3) is 0.444. The quantitative estimate of drug-likeness (QED) is 0.932. The van der Waals surface area contributed by atoms with E-state index >= 15 is 0 Å². The van der Waals surface area contributed by atoms with Crippen LogP contribution in [0.2, 0.25) is 0 Å². The molecule has 0 spiro atoms. The van der Waals surface area contributed by atoms with Gasteiger partial charge >= 0.3 is 0 Å². The van der Waals surface area contributed by atoms with Gasteiger partial charge in [-0.1, -0.05) is 12.1 Å². The average molecular weight is 331 g/mol. The van der Waals surface area contributed by atoms with Crippen LogP contribution >= 0.6 is 11.3 Å². The maximum atomic E-state index is 10.7. The Morgan fingerprint density at radius 2 is 2.09 bits per heavy atom. The second-order valence-electron chi connectivity index (χ2n) is 6.09. The number of nitrogens with zero attached hydrogens (tertiary/aromatic N) is 1. The summed E-state index contributed by atoms with van der Waals surface area (Å²) in [5.41, 5.74) is 0.895. The standard InChI is InChI=1S/C18H21NO3S/c20-15(13-5-6-16-17(11-13)22-9-8-21-16)12-19-7-1-3-14(19)18-4-2-10-23-18/h2,4-6,10-11,14-15,20H,1,3,7-9,12H2/t14-,15-/m1/s1. The molecule has 0 saturated carbocycles. The minimum atomic E-state index is -0.508. The van der Waals surface area contributed by atoms with Gasteiger partial charge in [0.25, 0.3) is 0 Å². The van der Waals surface area contributed by atoms with Gasteiger partial charge in [-0.05, 0) is 48.5 Å². The van der Waals surface area contributed by atoms with Gasteiger partial charge in [-0.15, -0.1) is 11.3 Å². The van der Waals surface area contributed by atoms with Gasteiger partial charge in [-0.2, -0.15) is 0 Å². The molecule has 0 bridgehead atoms. The number of ether oxygens (including phenoxy) is 2. The summed E-state index contributed by atoms with van der Waals surface area (Å²) in [5.74, 6) is 1.51. The van der Waals surface area contributed by atoms with Crippen molar-refractivity contribution >= 4 is 11.3 Å². The summed E-state index contributed by atoms with van der Waals surface area (Å²) in [4.78, 5) is 3.80. The molecular formula is C18H21NO3S. The van der Waals surface area contributed by atoms with Crippen LogP contribution in [0.5, 0.6) is 11.5 Å². The van der Waals surface area contributed by atoms with E-state index in [1.54, 1.807) is 11.3 Å². The molecule has 1 aromatic carbocycles. The van der Waals surface area contributed by atoms with Crippen LogP contribution in [-0.2, 0) is 0 Å². The molecule has 2 aliphatic heterocycles. The summed E-state index contributed by atoms with van der Waals surface area (Å²) in [5, 5.41) is 12.8. The molecule has 0 aliphatic carbocycles. The van der Waals surface area contributed by atoms with E-state index in [-0.39, 0.29) is 0 Å². The molecule has 1 N–H and O–H groups in total. The molecule has 1 fully saturated rings. The first-order valence-electron chi connectivity index (χ1n) is 8.16. The van der Waals surface area contributed by atoms with Crippen LogP contribution in [0.3, 0.4) is 0 Å². The lowest BCUT2D eigenvalue weighted by atomic mass is 10.1. The highest BCUT2D eigenvalue weighted by molar-refractivity contribution is 7.10. The van der Waals surface area contributed by atoms with Gasteiger partial charge < -0.3 is 14.6 Å². The third-order valence-electron chi connectivity index (χ3n) is 4.59. The molecule has 5 heteroatoms. The molecule has 1 saturated heterocycles. The number of aliphatic hydroxyl groups is 1. The molecule has 23 heavy (non-hydrogen) atoms. The van der Waals surface area contributed by atoms with Crippen molar-refractivity contribution in [3.05, 3.63) is 46.2 Å². The van der Waals surface area contributed by atoms with Crippen molar-refractivity contribution in [3.8, 4) is 11.5 Å². The molecule has 4 nitrogen and oxygen atoms in total. The Bertz CT molecular complexity index is 658. The zero-order valence-corrected chi connectivity index (χ0v) is 13.8. The van der Waals surface area contributed by atoms with Crippen LogP contribution in [0, 0.1) is 0 Å². The monoisotopic (exact) mass is 331 g/mol. The van der Waals surface area contributed by atoms with Crippen molar-refractivity contribution in [2.24, 2.45) is 0 Å². The van der Waals surface area contributed by atoms with Gasteiger partial charge in [0, 0.05) is 17.5 Å².